The predicted octanol–water partition coefficient (Wildman–Crippen LogP) is 6.33. The molecule has 1 unspecified atom stereocenters. The van der Waals surface area contributed by atoms with Crippen LogP contribution in [0.2, 0.25) is 5.02 Å². The average molecular weight is 610 g/mol. The summed E-state index contributed by atoms with van der Waals surface area (Å²) in [5.41, 5.74) is 3.75. The van der Waals surface area contributed by atoms with Gasteiger partial charge in [-0.05, 0) is 87.6 Å². The minimum absolute atomic E-state index is 0.0730. The van der Waals surface area contributed by atoms with Crippen LogP contribution in [0.4, 0.5) is 5.69 Å². The van der Waals surface area contributed by atoms with Crippen LogP contribution in [0.25, 0.3) is 0 Å². The van der Waals surface area contributed by atoms with Crippen molar-refractivity contribution in [2.75, 3.05) is 10.8 Å². The molecule has 224 valence electrons. The van der Waals surface area contributed by atoms with Crippen LogP contribution in [0.15, 0.2) is 71.6 Å². The Morgan fingerprint density at radius 2 is 1.60 bits per heavy atom. The van der Waals surface area contributed by atoms with Crippen molar-refractivity contribution in [3.8, 4) is 0 Å². The molecule has 3 aromatic rings. The van der Waals surface area contributed by atoms with Gasteiger partial charge < -0.3 is 10.2 Å². The summed E-state index contributed by atoms with van der Waals surface area (Å²) in [4.78, 5) is 29.2. The zero-order chi connectivity index (χ0) is 30.4. The molecule has 3 aromatic carbocycles. The number of carbonyl (C=O) groups excluding carboxylic acids is 2. The lowest BCUT2D eigenvalue weighted by atomic mass is 9.95. The van der Waals surface area contributed by atoms with E-state index in [1.165, 1.54) is 4.90 Å². The second-order valence-corrected chi connectivity index (χ2v) is 13.5. The Labute approximate surface area is 254 Å². The van der Waals surface area contributed by atoms with E-state index in [0.717, 1.165) is 53.1 Å². The highest BCUT2D eigenvalue weighted by Gasteiger charge is 2.34. The van der Waals surface area contributed by atoms with Crippen LogP contribution in [0.5, 0.6) is 0 Å². The zero-order valence-electron chi connectivity index (χ0n) is 24.8. The Bertz CT molecular complexity index is 1520. The molecule has 0 heterocycles. The molecule has 1 N–H and O–H groups in total. The molecule has 1 fully saturated rings. The first-order valence-corrected chi connectivity index (χ1v) is 16.3. The molecule has 0 spiro atoms. The van der Waals surface area contributed by atoms with E-state index in [9.17, 15) is 18.0 Å². The molecule has 1 saturated carbocycles. The maximum atomic E-state index is 14.2. The Morgan fingerprint density at radius 3 is 2.24 bits per heavy atom. The largest absolute Gasteiger partial charge is 0.352 e. The number of carbonyl (C=O) groups is 2. The second-order valence-electron chi connectivity index (χ2n) is 11.2. The van der Waals surface area contributed by atoms with E-state index < -0.39 is 28.5 Å². The molecular weight excluding hydrogens is 570 g/mol. The van der Waals surface area contributed by atoms with Crippen molar-refractivity contribution in [3.63, 3.8) is 0 Å². The standard InChI is InChI=1S/C33H40ClN3O4S/c1-23-14-17-30(18-15-23)42(40,41)37(31-19-16-28(34)20-25(31)3)22-32(38)36(21-27-11-9-8-10-24(27)2)26(4)33(39)35-29-12-6-5-7-13-29/h8-11,14-20,26,29H,5-7,12-13,21-22H2,1-4H3,(H,35,39). The first-order chi connectivity index (χ1) is 20.0. The number of aryl methyl sites for hydroxylation is 3. The number of benzene rings is 3. The van der Waals surface area contributed by atoms with E-state index >= 15 is 0 Å². The third kappa shape index (κ3) is 7.53. The van der Waals surface area contributed by atoms with Crippen molar-refractivity contribution in [2.45, 2.75) is 83.3 Å². The summed E-state index contributed by atoms with van der Waals surface area (Å²) in [7, 11) is -4.14. The van der Waals surface area contributed by atoms with Gasteiger partial charge in [0.15, 0.2) is 0 Å². The molecule has 0 saturated heterocycles. The van der Waals surface area contributed by atoms with Gasteiger partial charge in [0.2, 0.25) is 11.8 Å². The van der Waals surface area contributed by atoms with Crippen molar-refractivity contribution in [1.29, 1.82) is 0 Å². The lowest BCUT2D eigenvalue weighted by Gasteiger charge is -2.34. The average Bonchev–Trinajstić information content (AvgIpc) is 2.96. The molecule has 1 atom stereocenters. The van der Waals surface area contributed by atoms with Crippen LogP contribution in [-0.2, 0) is 26.2 Å². The summed E-state index contributed by atoms with van der Waals surface area (Å²) in [6.07, 6.45) is 5.13. The quantitative estimate of drug-likeness (QED) is 0.291. The van der Waals surface area contributed by atoms with Gasteiger partial charge in [0, 0.05) is 17.6 Å². The molecule has 1 aliphatic rings. The van der Waals surface area contributed by atoms with E-state index in [4.69, 9.17) is 11.6 Å². The minimum Gasteiger partial charge on any atom is -0.352 e. The molecule has 42 heavy (non-hydrogen) atoms. The zero-order valence-corrected chi connectivity index (χ0v) is 26.3. The number of hydrogen-bond donors (Lipinski definition) is 1. The monoisotopic (exact) mass is 609 g/mol. The van der Waals surface area contributed by atoms with Gasteiger partial charge in [-0.2, -0.15) is 0 Å². The number of amides is 2. The van der Waals surface area contributed by atoms with Crippen LogP contribution >= 0.6 is 11.6 Å². The van der Waals surface area contributed by atoms with Crippen LogP contribution in [-0.4, -0.2) is 43.8 Å². The Hall–Kier alpha value is -3.36. The first-order valence-electron chi connectivity index (χ1n) is 14.5. The van der Waals surface area contributed by atoms with Crippen molar-refractivity contribution in [3.05, 3.63) is 94.0 Å². The van der Waals surface area contributed by atoms with Crippen molar-refractivity contribution < 1.29 is 18.0 Å². The van der Waals surface area contributed by atoms with Crippen molar-refractivity contribution in [2.24, 2.45) is 0 Å². The molecule has 7 nitrogen and oxygen atoms in total. The Kier molecular flexibility index (Phi) is 10.3. The number of halogens is 1. The fourth-order valence-electron chi connectivity index (χ4n) is 5.37. The van der Waals surface area contributed by atoms with Crippen LogP contribution in [0.3, 0.4) is 0 Å². The van der Waals surface area contributed by atoms with Crippen molar-refractivity contribution >= 4 is 39.1 Å². The lowest BCUT2D eigenvalue weighted by Crippen LogP contribution is -2.53. The predicted molar refractivity (Wildman–Crippen MR) is 168 cm³/mol. The van der Waals surface area contributed by atoms with E-state index in [1.54, 1.807) is 56.3 Å². The van der Waals surface area contributed by atoms with E-state index in [2.05, 4.69) is 5.32 Å². The van der Waals surface area contributed by atoms with E-state index in [-0.39, 0.29) is 23.4 Å². The number of nitrogens with zero attached hydrogens (tertiary/aromatic N) is 2. The molecule has 1 aliphatic carbocycles. The Balaban J connectivity index is 1.71. The highest BCUT2D eigenvalue weighted by Crippen LogP contribution is 2.30. The molecule has 0 aliphatic heterocycles. The topological polar surface area (TPSA) is 86.8 Å². The molecule has 4 rings (SSSR count). The molecule has 0 bridgehead atoms. The van der Waals surface area contributed by atoms with Gasteiger partial charge in [0.1, 0.15) is 12.6 Å². The van der Waals surface area contributed by atoms with Gasteiger partial charge in [-0.3, -0.25) is 13.9 Å². The fourth-order valence-corrected chi connectivity index (χ4v) is 7.08. The van der Waals surface area contributed by atoms with Gasteiger partial charge in [0.05, 0.1) is 10.6 Å². The summed E-state index contributed by atoms with van der Waals surface area (Å²) in [6, 6.07) is 18.4. The van der Waals surface area contributed by atoms with E-state index in [0.29, 0.717) is 16.3 Å². The normalized spacial score (nSPS) is 14.7. The third-order valence-corrected chi connectivity index (χ3v) is 10.0. The maximum absolute atomic E-state index is 14.2. The van der Waals surface area contributed by atoms with Crippen LogP contribution in [0.1, 0.15) is 61.3 Å². The van der Waals surface area contributed by atoms with Gasteiger partial charge >= 0.3 is 0 Å². The van der Waals surface area contributed by atoms with Gasteiger partial charge in [-0.25, -0.2) is 8.42 Å². The number of rotatable bonds is 10. The fraction of sp³-hybridized carbons (Fsp3) is 0.394. The Morgan fingerprint density at radius 1 is 0.929 bits per heavy atom. The van der Waals surface area contributed by atoms with Crippen molar-refractivity contribution in [1.82, 2.24) is 10.2 Å². The molecule has 2 amide bonds. The SMILES string of the molecule is Cc1ccc(S(=O)(=O)N(CC(=O)N(Cc2ccccc2C)C(C)C(=O)NC2CCCCC2)c2ccc(Cl)cc2C)cc1. The molecular formula is C33H40ClN3O4S. The van der Waals surface area contributed by atoms with Crippen LogP contribution in [0, 0.1) is 20.8 Å². The highest BCUT2D eigenvalue weighted by atomic mass is 35.5. The summed E-state index contributed by atoms with van der Waals surface area (Å²) in [6.45, 7) is 6.99. The second kappa shape index (κ2) is 13.7. The number of hydrogen-bond acceptors (Lipinski definition) is 4. The van der Waals surface area contributed by atoms with Gasteiger partial charge in [-0.1, -0.05) is 72.8 Å². The van der Waals surface area contributed by atoms with Gasteiger partial charge in [0.25, 0.3) is 10.0 Å². The third-order valence-electron chi connectivity index (χ3n) is 8.04. The summed E-state index contributed by atoms with van der Waals surface area (Å²) >= 11 is 6.20. The summed E-state index contributed by atoms with van der Waals surface area (Å²) < 4.78 is 29.2. The molecule has 0 radical (unpaired) electrons. The van der Waals surface area contributed by atoms with E-state index in [1.807, 2.05) is 38.1 Å². The molecule has 9 heteroatoms. The summed E-state index contributed by atoms with van der Waals surface area (Å²) in [5.74, 6) is -0.714. The minimum atomic E-state index is -4.14. The highest BCUT2D eigenvalue weighted by molar-refractivity contribution is 7.92. The maximum Gasteiger partial charge on any atom is 0.264 e. The number of sulfonamides is 1. The summed E-state index contributed by atoms with van der Waals surface area (Å²) in [5, 5.41) is 3.60. The number of nitrogens with one attached hydrogen (secondary N) is 1. The smallest absolute Gasteiger partial charge is 0.264 e. The first kappa shape index (κ1) is 31.6. The van der Waals surface area contributed by atoms with Crippen LogP contribution < -0.4 is 9.62 Å². The number of anilines is 1. The lowest BCUT2D eigenvalue weighted by molar-refractivity contribution is -0.139. The van der Waals surface area contributed by atoms with Gasteiger partial charge in [-0.15, -0.1) is 0 Å². The molecule has 0 aromatic heterocycles.